The van der Waals surface area contributed by atoms with Crippen LogP contribution < -0.4 is 10.1 Å². The predicted octanol–water partition coefficient (Wildman–Crippen LogP) is 5.12. The van der Waals surface area contributed by atoms with Gasteiger partial charge in [-0.25, -0.2) is 4.79 Å². The molecule has 1 heterocycles. The van der Waals surface area contributed by atoms with Crippen LogP contribution in [0.3, 0.4) is 0 Å². The maximum atomic E-state index is 12.2. The molecule has 0 aliphatic carbocycles. The molecule has 2 aromatic carbocycles. The quantitative estimate of drug-likeness (QED) is 0.358. The standard InChI is InChI=1S/C26H33NO4/c1-2-3-4-5-6-7-10-20-13-15-23(16-14-20)30-18-22(28)19-31-26(29)25-17-21-11-8-9-12-24(21)27-25/h8-9,11-16,25,27H,2-7,10,17-19H2,1H3. The Kier molecular flexibility index (Phi) is 8.95. The van der Waals surface area contributed by atoms with Crippen LogP contribution in [0.4, 0.5) is 5.69 Å². The van der Waals surface area contributed by atoms with E-state index in [1.807, 2.05) is 36.4 Å². The smallest absolute Gasteiger partial charge is 0.329 e. The third kappa shape index (κ3) is 7.42. The van der Waals surface area contributed by atoms with Gasteiger partial charge in [0.05, 0.1) is 0 Å². The summed E-state index contributed by atoms with van der Waals surface area (Å²) in [5.74, 6) is -0.0251. The Morgan fingerprint density at radius 1 is 0.935 bits per heavy atom. The van der Waals surface area contributed by atoms with Crippen molar-refractivity contribution >= 4 is 17.4 Å². The van der Waals surface area contributed by atoms with Gasteiger partial charge < -0.3 is 14.8 Å². The molecule has 0 saturated heterocycles. The first-order valence-electron chi connectivity index (χ1n) is 11.4. The normalized spacial score (nSPS) is 14.5. The van der Waals surface area contributed by atoms with Gasteiger partial charge in [-0.2, -0.15) is 0 Å². The van der Waals surface area contributed by atoms with Gasteiger partial charge in [0, 0.05) is 12.1 Å². The highest BCUT2D eigenvalue weighted by atomic mass is 16.5. The zero-order chi connectivity index (χ0) is 21.9. The van der Waals surface area contributed by atoms with Crippen molar-refractivity contribution in [3.05, 3.63) is 59.7 Å². The van der Waals surface area contributed by atoms with Crippen LogP contribution in [0.5, 0.6) is 5.75 Å². The molecule has 0 amide bonds. The number of hydrogen-bond donors (Lipinski definition) is 1. The fraction of sp³-hybridized carbons (Fsp3) is 0.462. The van der Waals surface area contributed by atoms with Crippen molar-refractivity contribution < 1.29 is 19.1 Å². The molecule has 5 nitrogen and oxygen atoms in total. The molecule has 1 N–H and O–H groups in total. The Balaban J connectivity index is 1.30. The molecular formula is C26H33NO4. The summed E-state index contributed by atoms with van der Waals surface area (Å²) in [5.41, 5.74) is 3.31. The minimum Gasteiger partial charge on any atom is -0.486 e. The van der Waals surface area contributed by atoms with Gasteiger partial charge in [-0.3, -0.25) is 4.79 Å². The number of fused-ring (bicyclic) bond motifs is 1. The fourth-order valence-electron chi connectivity index (χ4n) is 3.76. The third-order valence-corrected chi connectivity index (χ3v) is 5.57. The summed E-state index contributed by atoms with van der Waals surface area (Å²) < 4.78 is 10.7. The minimum absolute atomic E-state index is 0.109. The first-order valence-corrected chi connectivity index (χ1v) is 11.4. The number of carbonyl (C=O) groups is 2. The number of benzene rings is 2. The second-order valence-electron chi connectivity index (χ2n) is 8.15. The average Bonchev–Trinajstić information content (AvgIpc) is 3.23. The van der Waals surface area contributed by atoms with E-state index in [1.54, 1.807) is 0 Å². The number of Topliss-reactive ketones (excluding diaryl/α,β-unsaturated/α-hetero) is 1. The largest absolute Gasteiger partial charge is 0.486 e. The second-order valence-corrected chi connectivity index (χ2v) is 8.15. The van der Waals surface area contributed by atoms with Gasteiger partial charge in [-0.05, 0) is 42.2 Å². The van der Waals surface area contributed by atoms with Crippen LogP contribution in [-0.4, -0.2) is 31.0 Å². The topological polar surface area (TPSA) is 64.6 Å². The Hall–Kier alpha value is -2.82. The lowest BCUT2D eigenvalue weighted by molar-refractivity contribution is -0.149. The molecule has 3 rings (SSSR count). The summed E-state index contributed by atoms with van der Waals surface area (Å²) in [6.45, 7) is 1.85. The van der Waals surface area contributed by atoms with Gasteiger partial charge in [-0.1, -0.05) is 69.4 Å². The summed E-state index contributed by atoms with van der Waals surface area (Å²) in [4.78, 5) is 24.3. The maximum Gasteiger partial charge on any atom is 0.329 e. The molecule has 0 fully saturated rings. The van der Waals surface area contributed by atoms with Gasteiger partial charge in [0.15, 0.2) is 6.61 Å². The molecule has 1 atom stereocenters. The molecule has 1 aliphatic heterocycles. The van der Waals surface area contributed by atoms with Gasteiger partial charge in [-0.15, -0.1) is 0 Å². The Bertz CT molecular complexity index is 822. The van der Waals surface area contributed by atoms with Crippen LogP contribution in [0.2, 0.25) is 0 Å². The predicted molar refractivity (Wildman–Crippen MR) is 123 cm³/mol. The molecule has 5 heteroatoms. The van der Waals surface area contributed by atoms with E-state index < -0.39 is 12.0 Å². The highest BCUT2D eigenvalue weighted by molar-refractivity contribution is 5.87. The van der Waals surface area contributed by atoms with E-state index in [-0.39, 0.29) is 19.0 Å². The van der Waals surface area contributed by atoms with Crippen molar-refractivity contribution in [3.8, 4) is 5.75 Å². The highest BCUT2D eigenvalue weighted by Crippen LogP contribution is 2.25. The lowest BCUT2D eigenvalue weighted by Crippen LogP contribution is -2.31. The Morgan fingerprint density at radius 2 is 1.68 bits per heavy atom. The van der Waals surface area contributed by atoms with Crippen molar-refractivity contribution in [2.24, 2.45) is 0 Å². The van der Waals surface area contributed by atoms with Crippen LogP contribution in [-0.2, 0) is 27.2 Å². The minimum atomic E-state index is -0.440. The van der Waals surface area contributed by atoms with Crippen molar-refractivity contribution in [2.75, 3.05) is 18.5 Å². The maximum absolute atomic E-state index is 12.2. The molecular weight excluding hydrogens is 390 g/mol. The summed E-state index contributed by atoms with van der Waals surface area (Å²) in [7, 11) is 0. The zero-order valence-corrected chi connectivity index (χ0v) is 18.4. The number of ether oxygens (including phenoxy) is 2. The van der Waals surface area contributed by atoms with Gasteiger partial charge in [0.25, 0.3) is 0 Å². The van der Waals surface area contributed by atoms with Gasteiger partial charge in [0.2, 0.25) is 5.78 Å². The van der Waals surface area contributed by atoms with Crippen LogP contribution in [0.15, 0.2) is 48.5 Å². The highest BCUT2D eigenvalue weighted by Gasteiger charge is 2.28. The van der Waals surface area contributed by atoms with Crippen LogP contribution in [0.1, 0.15) is 56.6 Å². The summed E-state index contributed by atoms with van der Waals surface area (Å²) in [5, 5.41) is 3.13. The van der Waals surface area contributed by atoms with E-state index in [4.69, 9.17) is 9.47 Å². The molecule has 166 valence electrons. The SMILES string of the molecule is CCCCCCCCc1ccc(OCC(=O)COC(=O)C2Cc3ccccc3N2)cc1. The monoisotopic (exact) mass is 423 g/mol. The van der Waals surface area contributed by atoms with E-state index in [2.05, 4.69) is 24.4 Å². The number of rotatable bonds is 13. The zero-order valence-electron chi connectivity index (χ0n) is 18.4. The lowest BCUT2D eigenvalue weighted by Gasteiger charge is -2.11. The Morgan fingerprint density at radius 3 is 2.45 bits per heavy atom. The summed E-state index contributed by atoms with van der Waals surface area (Å²) >= 11 is 0. The summed E-state index contributed by atoms with van der Waals surface area (Å²) in [6, 6.07) is 15.2. The molecule has 0 spiro atoms. The van der Waals surface area contributed by atoms with Crippen molar-refractivity contribution in [3.63, 3.8) is 0 Å². The van der Waals surface area contributed by atoms with Crippen LogP contribution in [0, 0.1) is 0 Å². The van der Waals surface area contributed by atoms with E-state index >= 15 is 0 Å². The first-order chi connectivity index (χ1) is 15.2. The average molecular weight is 424 g/mol. The van der Waals surface area contributed by atoms with E-state index in [1.165, 1.54) is 44.1 Å². The molecule has 0 radical (unpaired) electrons. The number of unbranched alkanes of at least 4 members (excludes halogenated alkanes) is 5. The summed E-state index contributed by atoms with van der Waals surface area (Å²) in [6.07, 6.45) is 9.37. The molecule has 0 bridgehead atoms. The first kappa shape index (κ1) is 22.9. The lowest BCUT2D eigenvalue weighted by atomic mass is 10.0. The molecule has 1 aliphatic rings. The van der Waals surface area contributed by atoms with Crippen LogP contribution >= 0.6 is 0 Å². The van der Waals surface area contributed by atoms with E-state index in [0.717, 1.165) is 17.7 Å². The second kappa shape index (κ2) is 12.1. The number of aryl methyl sites for hydroxylation is 1. The number of anilines is 1. The molecule has 2 aromatic rings. The molecule has 31 heavy (non-hydrogen) atoms. The number of esters is 1. The van der Waals surface area contributed by atoms with Gasteiger partial charge >= 0.3 is 5.97 Å². The fourth-order valence-corrected chi connectivity index (χ4v) is 3.76. The number of nitrogens with one attached hydrogen (secondary N) is 1. The van der Waals surface area contributed by atoms with Crippen LogP contribution in [0.25, 0.3) is 0 Å². The van der Waals surface area contributed by atoms with Crippen molar-refractivity contribution in [2.45, 2.75) is 64.3 Å². The number of ketones is 1. The third-order valence-electron chi connectivity index (χ3n) is 5.57. The Labute approximate surface area is 185 Å². The molecule has 0 aromatic heterocycles. The van der Waals surface area contributed by atoms with Crippen molar-refractivity contribution in [1.29, 1.82) is 0 Å². The number of hydrogen-bond acceptors (Lipinski definition) is 5. The number of carbonyl (C=O) groups excluding carboxylic acids is 2. The molecule has 1 unspecified atom stereocenters. The van der Waals surface area contributed by atoms with E-state index in [0.29, 0.717) is 12.2 Å². The molecule has 0 saturated carbocycles. The number of para-hydroxylation sites is 1. The van der Waals surface area contributed by atoms with Crippen molar-refractivity contribution in [1.82, 2.24) is 0 Å². The van der Waals surface area contributed by atoms with Gasteiger partial charge in [0.1, 0.15) is 18.4 Å². The van der Waals surface area contributed by atoms with E-state index in [9.17, 15) is 9.59 Å².